The fourth-order valence-corrected chi connectivity index (χ4v) is 3.78. The Morgan fingerprint density at radius 2 is 1.73 bits per heavy atom. The summed E-state index contributed by atoms with van der Waals surface area (Å²) in [6, 6.07) is 19.3. The summed E-state index contributed by atoms with van der Waals surface area (Å²) in [4.78, 5) is 27.0. The summed E-state index contributed by atoms with van der Waals surface area (Å²) in [7, 11) is 0. The van der Waals surface area contributed by atoms with Gasteiger partial charge in [-0.1, -0.05) is 66.7 Å². The summed E-state index contributed by atoms with van der Waals surface area (Å²) in [6.07, 6.45) is 2.91. The van der Waals surface area contributed by atoms with Crippen molar-refractivity contribution in [3.63, 3.8) is 0 Å². The van der Waals surface area contributed by atoms with E-state index in [-0.39, 0.29) is 24.3 Å². The minimum absolute atomic E-state index is 0.204. The van der Waals surface area contributed by atoms with Gasteiger partial charge in [-0.2, -0.15) is 0 Å². The van der Waals surface area contributed by atoms with Gasteiger partial charge in [0.05, 0.1) is 25.7 Å². The zero-order chi connectivity index (χ0) is 23.8. The lowest BCUT2D eigenvalue weighted by molar-refractivity contribution is -0.143. The number of amides is 1. The second-order valence-corrected chi connectivity index (χ2v) is 8.95. The third-order valence-electron chi connectivity index (χ3n) is 5.25. The Balaban J connectivity index is 1.87. The molecule has 176 valence electrons. The Morgan fingerprint density at radius 3 is 2.33 bits per heavy atom. The summed E-state index contributed by atoms with van der Waals surface area (Å²) >= 11 is 0. The average Bonchev–Trinajstić information content (AvgIpc) is 3.21. The van der Waals surface area contributed by atoms with E-state index in [4.69, 9.17) is 14.2 Å². The molecular weight excluding hydrogens is 418 g/mol. The third kappa shape index (κ3) is 6.93. The number of esters is 1. The van der Waals surface area contributed by atoms with Crippen LogP contribution in [0.4, 0.5) is 4.79 Å². The Morgan fingerprint density at radius 1 is 1.09 bits per heavy atom. The molecule has 1 fully saturated rings. The van der Waals surface area contributed by atoms with E-state index in [0.717, 1.165) is 11.1 Å². The number of allylic oxidation sites excluding steroid dienone is 1. The molecule has 0 unspecified atom stereocenters. The topological polar surface area (TPSA) is 65.1 Å². The molecule has 3 rings (SSSR count). The minimum Gasteiger partial charge on any atom is -0.466 e. The molecule has 2 aromatic carbocycles. The van der Waals surface area contributed by atoms with E-state index in [1.807, 2.05) is 93.6 Å². The summed E-state index contributed by atoms with van der Waals surface area (Å²) < 4.78 is 16.9. The first-order valence-corrected chi connectivity index (χ1v) is 11.3. The molecule has 0 N–H and O–H groups in total. The Labute approximate surface area is 196 Å². The van der Waals surface area contributed by atoms with E-state index in [0.29, 0.717) is 13.2 Å². The largest absolute Gasteiger partial charge is 0.466 e. The van der Waals surface area contributed by atoms with Crippen molar-refractivity contribution in [1.29, 1.82) is 0 Å². The summed E-state index contributed by atoms with van der Waals surface area (Å²) in [5, 5.41) is 0. The molecule has 0 saturated carbocycles. The smallest absolute Gasteiger partial charge is 0.413 e. The van der Waals surface area contributed by atoms with Crippen molar-refractivity contribution >= 4 is 12.1 Å². The molecular formula is C27H33NO5. The van der Waals surface area contributed by atoms with Crippen molar-refractivity contribution in [2.75, 3.05) is 13.2 Å². The number of benzene rings is 2. The molecule has 3 atom stereocenters. The highest BCUT2D eigenvalue weighted by Crippen LogP contribution is 2.33. The van der Waals surface area contributed by atoms with E-state index >= 15 is 0 Å². The predicted octanol–water partition coefficient (Wildman–Crippen LogP) is 5.61. The van der Waals surface area contributed by atoms with Crippen LogP contribution in [0.1, 0.15) is 57.2 Å². The van der Waals surface area contributed by atoms with Crippen LogP contribution in [0.25, 0.3) is 0 Å². The van der Waals surface area contributed by atoms with Crippen LogP contribution in [0, 0.1) is 0 Å². The second-order valence-electron chi connectivity index (χ2n) is 8.95. The molecule has 1 saturated heterocycles. The van der Waals surface area contributed by atoms with Crippen LogP contribution >= 0.6 is 0 Å². The minimum atomic E-state index is -0.633. The molecule has 6 nitrogen and oxygen atoms in total. The molecule has 2 aromatic rings. The number of ether oxygens (including phenoxy) is 3. The predicted molar refractivity (Wildman–Crippen MR) is 127 cm³/mol. The van der Waals surface area contributed by atoms with Gasteiger partial charge in [-0.3, -0.25) is 9.69 Å². The van der Waals surface area contributed by atoms with Crippen molar-refractivity contribution in [2.45, 2.75) is 57.9 Å². The number of carbonyl (C=O) groups excluding carboxylic acids is 2. The Kier molecular flexibility index (Phi) is 8.28. The van der Waals surface area contributed by atoms with Gasteiger partial charge in [0.2, 0.25) is 0 Å². The highest BCUT2D eigenvalue weighted by atomic mass is 16.6. The zero-order valence-electron chi connectivity index (χ0n) is 19.8. The molecule has 1 aliphatic heterocycles. The van der Waals surface area contributed by atoms with Gasteiger partial charge in [0, 0.05) is 5.92 Å². The number of carbonyl (C=O) groups is 2. The molecule has 0 aromatic heterocycles. The first kappa shape index (κ1) is 24.5. The maximum absolute atomic E-state index is 13.1. The number of hydrogen-bond donors (Lipinski definition) is 0. The molecule has 0 bridgehead atoms. The van der Waals surface area contributed by atoms with Gasteiger partial charge in [0.1, 0.15) is 5.60 Å². The van der Waals surface area contributed by atoms with E-state index in [9.17, 15) is 9.59 Å². The van der Waals surface area contributed by atoms with Crippen LogP contribution in [0.2, 0.25) is 0 Å². The average molecular weight is 452 g/mol. The number of hydrogen-bond acceptors (Lipinski definition) is 5. The maximum atomic E-state index is 13.1. The van der Waals surface area contributed by atoms with Crippen molar-refractivity contribution in [2.24, 2.45) is 0 Å². The van der Waals surface area contributed by atoms with E-state index in [1.165, 1.54) is 0 Å². The van der Waals surface area contributed by atoms with Gasteiger partial charge >= 0.3 is 12.1 Å². The van der Waals surface area contributed by atoms with Gasteiger partial charge in [-0.25, -0.2) is 4.79 Å². The standard InChI is InChI=1S/C27H33NO5/c1-5-31-25(29)18-22(20-12-8-6-9-13-20)16-17-24-28(26(30)33-27(2,3)4)23(19-32-24)21-14-10-7-11-15-21/h6-17,22-24H,5,18-19H2,1-4H3/b17-16+/t22-,23+,24-/m1/s1. The maximum Gasteiger partial charge on any atom is 0.413 e. The van der Waals surface area contributed by atoms with Gasteiger partial charge in [0.25, 0.3) is 0 Å². The van der Waals surface area contributed by atoms with E-state index in [2.05, 4.69) is 0 Å². The van der Waals surface area contributed by atoms with Crippen LogP contribution in [0.15, 0.2) is 72.8 Å². The molecule has 0 spiro atoms. The van der Waals surface area contributed by atoms with E-state index < -0.39 is 17.9 Å². The van der Waals surface area contributed by atoms with Crippen molar-refractivity contribution < 1.29 is 23.8 Å². The SMILES string of the molecule is CCOC(=O)C[C@@H](/C=C/[C@H]1OC[C@@H](c2ccccc2)N1C(=O)OC(C)(C)C)c1ccccc1. The fraction of sp³-hybridized carbons (Fsp3) is 0.407. The lowest BCUT2D eigenvalue weighted by Crippen LogP contribution is -2.41. The van der Waals surface area contributed by atoms with Gasteiger partial charge in [0.15, 0.2) is 6.23 Å². The summed E-state index contributed by atoms with van der Waals surface area (Å²) in [6.45, 7) is 8.01. The van der Waals surface area contributed by atoms with E-state index in [1.54, 1.807) is 11.8 Å². The van der Waals surface area contributed by atoms with Gasteiger partial charge in [-0.05, 0) is 44.9 Å². The van der Waals surface area contributed by atoms with Crippen LogP contribution in [0.5, 0.6) is 0 Å². The number of nitrogens with zero attached hydrogens (tertiary/aromatic N) is 1. The zero-order valence-corrected chi connectivity index (χ0v) is 19.8. The lowest BCUT2D eigenvalue weighted by atomic mass is 9.95. The number of rotatable bonds is 7. The van der Waals surface area contributed by atoms with Crippen molar-refractivity contribution in [3.8, 4) is 0 Å². The molecule has 1 aliphatic rings. The van der Waals surface area contributed by atoms with Crippen molar-refractivity contribution in [3.05, 3.63) is 83.9 Å². The molecule has 0 aliphatic carbocycles. The monoisotopic (exact) mass is 451 g/mol. The quantitative estimate of drug-likeness (QED) is 0.404. The van der Waals surface area contributed by atoms with Crippen LogP contribution in [-0.2, 0) is 19.0 Å². The highest BCUT2D eigenvalue weighted by Gasteiger charge is 2.40. The fourth-order valence-electron chi connectivity index (χ4n) is 3.78. The third-order valence-corrected chi connectivity index (χ3v) is 5.25. The van der Waals surface area contributed by atoms with Crippen LogP contribution < -0.4 is 0 Å². The molecule has 33 heavy (non-hydrogen) atoms. The normalized spacial score (nSPS) is 19.5. The lowest BCUT2D eigenvalue weighted by Gasteiger charge is -2.30. The molecule has 6 heteroatoms. The molecule has 1 heterocycles. The molecule has 1 amide bonds. The Hall–Kier alpha value is -3.12. The Bertz CT molecular complexity index is 936. The van der Waals surface area contributed by atoms with Crippen LogP contribution in [-0.4, -0.2) is 42.0 Å². The second kappa shape index (κ2) is 11.1. The molecule has 0 radical (unpaired) electrons. The highest BCUT2D eigenvalue weighted by molar-refractivity contribution is 5.71. The van der Waals surface area contributed by atoms with Crippen molar-refractivity contribution in [1.82, 2.24) is 4.90 Å². The summed E-state index contributed by atoms with van der Waals surface area (Å²) in [5.41, 5.74) is 1.33. The summed E-state index contributed by atoms with van der Waals surface area (Å²) in [5.74, 6) is -0.473. The van der Waals surface area contributed by atoms with Crippen LogP contribution in [0.3, 0.4) is 0 Å². The first-order valence-electron chi connectivity index (χ1n) is 11.3. The first-order chi connectivity index (χ1) is 15.8. The van der Waals surface area contributed by atoms with Gasteiger partial charge < -0.3 is 14.2 Å². The van der Waals surface area contributed by atoms with Gasteiger partial charge in [-0.15, -0.1) is 0 Å².